The van der Waals surface area contributed by atoms with E-state index in [1.165, 1.54) is 19.3 Å². The minimum atomic E-state index is 0.455. The molecule has 1 fully saturated rings. The van der Waals surface area contributed by atoms with E-state index < -0.39 is 0 Å². The number of halogens is 2. The molecular weight excluding hydrogens is 255 g/mol. The summed E-state index contributed by atoms with van der Waals surface area (Å²) >= 11 is 11.9. The molecule has 0 saturated heterocycles. The van der Waals surface area contributed by atoms with Crippen LogP contribution >= 0.6 is 23.2 Å². The van der Waals surface area contributed by atoms with Crippen LogP contribution in [0.25, 0.3) is 11.0 Å². The fourth-order valence-electron chi connectivity index (χ4n) is 2.22. The van der Waals surface area contributed by atoms with Gasteiger partial charge in [0.1, 0.15) is 5.82 Å². The van der Waals surface area contributed by atoms with Gasteiger partial charge in [-0.05, 0) is 30.5 Å². The van der Waals surface area contributed by atoms with Crippen molar-refractivity contribution >= 4 is 34.2 Å². The average molecular weight is 269 g/mol. The zero-order chi connectivity index (χ0) is 11.8. The molecule has 1 aliphatic carbocycles. The number of aromatic nitrogens is 2. The Hall–Kier alpha value is -0.730. The van der Waals surface area contributed by atoms with E-state index in [1.54, 1.807) is 0 Å². The predicted octanol–water partition coefficient (Wildman–Crippen LogP) is 4.23. The minimum Gasteiger partial charge on any atom is -0.327 e. The van der Waals surface area contributed by atoms with Gasteiger partial charge in [0.25, 0.3) is 0 Å². The van der Waals surface area contributed by atoms with E-state index in [0.29, 0.717) is 5.88 Å². The Morgan fingerprint density at radius 1 is 1.35 bits per heavy atom. The third-order valence-corrected chi connectivity index (χ3v) is 3.84. The summed E-state index contributed by atoms with van der Waals surface area (Å²) < 4.78 is 2.23. The molecule has 90 valence electrons. The van der Waals surface area contributed by atoms with Crippen molar-refractivity contribution in [2.45, 2.75) is 31.7 Å². The molecule has 1 aromatic carbocycles. The SMILES string of the molecule is ClCc1nc2cc(Cl)ccc2n1CCC1CC1. The summed E-state index contributed by atoms with van der Waals surface area (Å²) in [4.78, 5) is 4.54. The average Bonchev–Trinajstić information content (AvgIpc) is 3.08. The lowest BCUT2D eigenvalue weighted by Gasteiger charge is -2.06. The first-order valence-corrected chi connectivity index (χ1v) is 6.90. The normalized spacial score (nSPS) is 15.6. The third-order valence-electron chi connectivity index (χ3n) is 3.37. The smallest absolute Gasteiger partial charge is 0.124 e. The van der Waals surface area contributed by atoms with Crippen LogP contribution in [-0.2, 0) is 12.4 Å². The zero-order valence-corrected chi connectivity index (χ0v) is 11.0. The standard InChI is InChI=1S/C13H14Cl2N2/c14-8-13-16-11-7-10(15)3-4-12(11)17(13)6-5-9-1-2-9/h3-4,7,9H,1-2,5-6,8H2. The van der Waals surface area contributed by atoms with Crippen LogP contribution in [0.1, 0.15) is 25.1 Å². The number of fused-ring (bicyclic) bond motifs is 1. The van der Waals surface area contributed by atoms with Crippen molar-refractivity contribution in [3.05, 3.63) is 29.0 Å². The third kappa shape index (κ3) is 2.29. The van der Waals surface area contributed by atoms with E-state index in [0.717, 1.165) is 34.3 Å². The Morgan fingerprint density at radius 2 is 2.18 bits per heavy atom. The maximum atomic E-state index is 5.98. The highest BCUT2D eigenvalue weighted by atomic mass is 35.5. The highest BCUT2D eigenvalue weighted by Crippen LogP contribution is 2.33. The molecule has 3 rings (SSSR count). The zero-order valence-electron chi connectivity index (χ0n) is 9.50. The molecule has 17 heavy (non-hydrogen) atoms. The van der Waals surface area contributed by atoms with Crippen LogP contribution in [0.15, 0.2) is 18.2 Å². The highest BCUT2D eigenvalue weighted by Gasteiger charge is 2.21. The lowest BCUT2D eigenvalue weighted by Crippen LogP contribution is -2.03. The van der Waals surface area contributed by atoms with E-state index in [4.69, 9.17) is 23.2 Å². The summed E-state index contributed by atoms with van der Waals surface area (Å²) in [6, 6.07) is 5.85. The lowest BCUT2D eigenvalue weighted by molar-refractivity contribution is 0.594. The van der Waals surface area contributed by atoms with Gasteiger partial charge in [-0.2, -0.15) is 0 Å². The van der Waals surface area contributed by atoms with E-state index in [9.17, 15) is 0 Å². The molecule has 0 bridgehead atoms. The monoisotopic (exact) mass is 268 g/mol. The van der Waals surface area contributed by atoms with Gasteiger partial charge in [0.05, 0.1) is 16.9 Å². The molecule has 0 spiro atoms. The van der Waals surface area contributed by atoms with Crippen LogP contribution in [0.3, 0.4) is 0 Å². The molecule has 2 aromatic rings. The van der Waals surface area contributed by atoms with Crippen molar-refractivity contribution in [1.29, 1.82) is 0 Å². The molecule has 0 unspecified atom stereocenters. The molecule has 0 atom stereocenters. The van der Waals surface area contributed by atoms with Gasteiger partial charge >= 0.3 is 0 Å². The molecule has 1 aliphatic rings. The minimum absolute atomic E-state index is 0.455. The maximum Gasteiger partial charge on any atom is 0.124 e. The van der Waals surface area contributed by atoms with Gasteiger partial charge in [-0.1, -0.05) is 24.4 Å². The summed E-state index contributed by atoms with van der Waals surface area (Å²) in [6.45, 7) is 1.02. The Kier molecular flexibility index (Phi) is 3.01. The molecule has 1 saturated carbocycles. The largest absolute Gasteiger partial charge is 0.327 e. The molecule has 1 heterocycles. The molecule has 0 radical (unpaired) electrons. The number of hydrogen-bond donors (Lipinski definition) is 0. The van der Waals surface area contributed by atoms with Crippen molar-refractivity contribution in [2.24, 2.45) is 5.92 Å². The predicted molar refractivity (Wildman–Crippen MR) is 71.6 cm³/mol. The number of imidazole rings is 1. The van der Waals surface area contributed by atoms with Crippen LogP contribution < -0.4 is 0 Å². The first-order valence-electron chi connectivity index (χ1n) is 5.98. The van der Waals surface area contributed by atoms with Crippen LogP contribution in [-0.4, -0.2) is 9.55 Å². The Balaban J connectivity index is 1.99. The molecule has 2 nitrogen and oxygen atoms in total. The number of hydrogen-bond acceptors (Lipinski definition) is 1. The van der Waals surface area contributed by atoms with Gasteiger partial charge in [0.15, 0.2) is 0 Å². The van der Waals surface area contributed by atoms with E-state index >= 15 is 0 Å². The highest BCUT2D eigenvalue weighted by molar-refractivity contribution is 6.31. The first-order chi connectivity index (χ1) is 8.28. The van der Waals surface area contributed by atoms with Crippen molar-refractivity contribution in [2.75, 3.05) is 0 Å². The Morgan fingerprint density at radius 3 is 2.88 bits per heavy atom. The molecule has 0 amide bonds. The first kappa shape index (κ1) is 11.4. The van der Waals surface area contributed by atoms with Gasteiger partial charge in [-0.3, -0.25) is 0 Å². The molecule has 0 aliphatic heterocycles. The van der Waals surface area contributed by atoms with E-state index in [1.807, 2.05) is 18.2 Å². The molecule has 0 N–H and O–H groups in total. The van der Waals surface area contributed by atoms with Crippen LogP contribution in [0.2, 0.25) is 5.02 Å². The number of alkyl halides is 1. The van der Waals surface area contributed by atoms with Crippen LogP contribution in [0.5, 0.6) is 0 Å². The molecule has 4 heteroatoms. The summed E-state index contributed by atoms with van der Waals surface area (Å²) in [5.74, 6) is 2.32. The summed E-state index contributed by atoms with van der Waals surface area (Å²) in [5.41, 5.74) is 2.09. The second kappa shape index (κ2) is 4.51. The fraction of sp³-hybridized carbons (Fsp3) is 0.462. The van der Waals surface area contributed by atoms with Crippen molar-refractivity contribution < 1.29 is 0 Å². The van der Waals surface area contributed by atoms with Gasteiger partial charge in [0, 0.05) is 11.6 Å². The summed E-state index contributed by atoms with van der Waals surface area (Å²) in [7, 11) is 0. The maximum absolute atomic E-state index is 5.98. The number of benzene rings is 1. The topological polar surface area (TPSA) is 17.8 Å². The van der Waals surface area contributed by atoms with Gasteiger partial charge < -0.3 is 4.57 Å². The Labute approximate surface area is 111 Å². The van der Waals surface area contributed by atoms with Gasteiger partial charge in [-0.25, -0.2) is 4.98 Å². The van der Waals surface area contributed by atoms with Crippen LogP contribution in [0, 0.1) is 5.92 Å². The second-order valence-electron chi connectivity index (χ2n) is 4.68. The van der Waals surface area contributed by atoms with Crippen LogP contribution in [0.4, 0.5) is 0 Å². The molecule has 1 aromatic heterocycles. The van der Waals surface area contributed by atoms with E-state index in [2.05, 4.69) is 9.55 Å². The summed E-state index contributed by atoms with van der Waals surface area (Å²) in [6.07, 6.45) is 4.00. The van der Waals surface area contributed by atoms with Crippen molar-refractivity contribution in [3.8, 4) is 0 Å². The number of aryl methyl sites for hydroxylation is 1. The quantitative estimate of drug-likeness (QED) is 0.759. The van der Waals surface area contributed by atoms with E-state index in [-0.39, 0.29) is 0 Å². The van der Waals surface area contributed by atoms with Gasteiger partial charge in [0.2, 0.25) is 0 Å². The fourth-order valence-corrected chi connectivity index (χ4v) is 2.59. The number of rotatable bonds is 4. The lowest BCUT2D eigenvalue weighted by atomic mass is 10.2. The number of nitrogens with zero attached hydrogens (tertiary/aromatic N) is 2. The molecular formula is C13H14Cl2N2. The van der Waals surface area contributed by atoms with Gasteiger partial charge in [-0.15, -0.1) is 11.6 Å². The summed E-state index contributed by atoms with van der Waals surface area (Å²) in [5, 5.41) is 0.727. The second-order valence-corrected chi connectivity index (χ2v) is 5.38. The van der Waals surface area contributed by atoms with Crippen molar-refractivity contribution in [1.82, 2.24) is 9.55 Å². The van der Waals surface area contributed by atoms with Crippen molar-refractivity contribution in [3.63, 3.8) is 0 Å². The Bertz CT molecular complexity index is 544.